The molecule has 0 unspecified atom stereocenters. The zero-order valence-corrected chi connectivity index (χ0v) is 64.3. The third kappa shape index (κ3) is 11.9. The lowest BCUT2D eigenvalue weighted by Crippen LogP contribution is -2.41. The second kappa shape index (κ2) is 28.2. The summed E-state index contributed by atoms with van der Waals surface area (Å²) in [5, 5.41) is 53.5. The second-order valence-electron chi connectivity index (χ2n) is 30.0. The Labute approximate surface area is 667 Å². The van der Waals surface area contributed by atoms with E-state index in [4.69, 9.17) is 14.6 Å². The highest BCUT2D eigenvalue weighted by Crippen LogP contribution is 2.42. The van der Waals surface area contributed by atoms with Crippen LogP contribution in [-0.2, 0) is 9.31 Å². The summed E-state index contributed by atoms with van der Waals surface area (Å²) in [4.78, 5) is 0. The van der Waals surface area contributed by atoms with Crippen LogP contribution in [0.3, 0.4) is 0 Å². The Morgan fingerprint density at radius 2 is 0.500 bits per heavy atom. The number of hydrogen-bond acceptors (Lipinski definition) is 6. The molecule has 0 amide bonds. The summed E-state index contributed by atoms with van der Waals surface area (Å²) in [5.41, 5.74) is 21.7. The minimum atomic E-state index is -0.401. The molecule has 0 aliphatic carbocycles. The number of rotatable bonds is 8. The molecule has 0 bridgehead atoms. The third-order valence-electron chi connectivity index (χ3n) is 23.0. The summed E-state index contributed by atoms with van der Waals surface area (Å²) >= 11 is 3.49. The van der Waals surface area contributed by atoms with Crippen molar-refractivity contribution < 1.29 is 9.31 Å². The van der Waals surface area contributed by atoms with Crippen molar-refractivity contribution in [3.63, 3.8) is 0 Å². The van der Waals surface area contributed by atoms with Crippen LogP contribution in [0.5, 0.6) is 0 Å². The largest absolute Gasteiger partial charge is 0.494 e. The molecule has 4 aromatic heterocycles. The van der Waals surface area contributed by atoms with E-state index >= 15 is 0 Å². The molecule has 1 fully saturated rings. The van der Waals surface area contributed by atoms with Gasteiger partial charge in [-0.05, 0) is 227 Å². The van der Waals surface area contributed by atoms with Crippen molar-refractivity contribution in [2.75, 3.05) is 0 Å². The summed E-state index contributed by atoms with van der Waals surface area (Å²) in [5.74, 6) is 0. The minimum Gasteiger partial charge on any atom is -0.399 e. The maximum absolute atomic E-state index is 10.2. The van der Waals surface area contributed by atoms with Gasteiger partial charge >= 0.3 is 7.12 Å². The molecule has 20 aromatic rings. The minimum absolute atomic E-state index is 0.383. The summed E-state index contributed by atoms with van der Waals surface area (Å²) in [7, 11) is -0.401. The third-order valence-corrected chi connectivity index (χ3v) is 23.6. The van der Waals surface area contributed by atoms with Gasteiger partial charge in [-0.15, -0.1) is 0 Å². The van der Waals surface area contributed by atoms with E-state index in [0.717, 1.165) is 121 Å². The normalized spacial score (nSPS) is 13.0. The lowest BCUT2D eigenvalue weighted by molar-refractivity contribution is 0.00578. The number of hydrogen-bond donors (Lipinski definition) is 0. The van der Waals surface area contributed by atoms with Gasteiger partial charge in [-0.2, -0.15) is 21.0 Å². The van der Waals surface area contributed by atoms with Gasteiger partial charge in [0.25, 0.3) is 0 Å². The molecule has 10 nitrogen and oxygen atoms in total. The molecule has 0 saturated carbocycles. The Hall–Kier alpha value is -14.3. The Balaban J connectivity index is 0.000000124. The van der Waals surface area contributed by atoms with Crippen LogP contribution in [0.25, 0.3) is 165 Å². The van der Waals surface area contributed by atoms with E-state index in [2.05, 4.69) is 371 Å². The molecule has 538 valence electrons. The molecule has 21 rings (SSSR count). The van der Waals surface area contributed by atoms with Gasteiger partial charge in [0.2, 0.25) is 0 Å². The fourth-order valence-corrected chi connectivity index (χ4v) is 17.2. The van der Waals surface area contributed by atoms with Crippen LogP contribution in [0.15, 0.2) is 344 Å². The molecular formula is C102H68BBrN8O2. The van der Waals surface area contributed by atoms with Gasteiger partial charge < -0.3 is 27.6 Å². The van der Waals surface area contributed by atoms with E-state index in [1.54, 1.807) is 0 Å². The molecule has 0 atom stereocenters. The van der Waals surface area contributed by atoms with E-state index in [1.807, 2.05) is 54.6 Å². The number of nitrogens with zero attached hydrogens (tertiary/aromatic N) is 8. The van der Waals surface area contributed by atoms with Gasteiger partial charge in [-0.3, -0.25) is 0 Å². The number of halogens is 1. The SMILES string of the molecule is CC1(C)OB(c2ccc3cc(-c4cc(-n5c6ccccc6c6ccccc65)ccc4C#N)ccc3c2)OC1(C)C.N#Cc1ccc(-n2c3ccccc3c3ccccc32)cc1-c1ccc2cc(-c3cc(-n4c5ccccc5c5ccccc54)ccc3C#N)ccc2c1.N#Cc1ccc(-n2c3ccccc3c3ccccc32)cc1Br. The van der Waals surface area contributed by atoms with Crippen LogP contribution >= 0.6 is 15.9 Å². The zero-order chi connectivity index (χ0) is 77.5. The standard InChI is InChI=1S/C48H28N4.C35H29BN2O2.C19H11BrN2/c49-29-35-21-23-37(51-45-13-5-1-9-39(45)40-10-2-6-14-46(40)51)27-43(35)33-19-17-32-26-34(20-18-31(32)25-33)44-28-38(24-22-36(44)30-50)52-47-15-7-3-11-41(47)42-12-4-8-16-48(42)52;1-34(2)35(3,4)40-36(39-34)27-17-15-23-19-25(14-13-24(23)20-27)31-21-28(18-16-26(31)22-37)38-32-11-7-5-9-29(32)30-10-6-8-12-33(30)38;20-17-11-14(10-9-13(17)12-21)22-18-7-3-1-5-15(18)16-6-2-4-8-19(16)22/h1-28H;5-21H,1-4H3;1-11H. The highest BCUT2D eigenvalue weighted by Gasteiger charge is 2.51. The number of benzene rings is 16. The Morgan fingerprint density at radius 3 is 0.763 bits per heavy atom. The second-order valence-corrected chi connectivity index (χ2v) is 30.8. The summed E-state index contributed by atoms with van der Waals surface area (Å²) in [6.45, 7) is 8.28. The molecular weight excluding hydrogens is 1460 g/mol. The van der Waals surface area contributed by atoms with Crippen LogP contribution in [0.1, 0.15) is 49.9 Å². The Kier molecular flexibility index (Phi) is 17.3. The molecule has 114 heavy (non-hydrogen) atoms. The van der Waals surface area contributed by atoms with Crippen molar-refractivity contribution >= 4 is 137 Å². The molecule has 0 N–H and O–H groups in total. The molecule has 1 saturated heterocycles. The van der Waals surface area contributed by atoms with Crippen LogP contribution in [0.4, 0.5) is 0 Å². The van der Waals surface area contributed by atoms with E-state index in [-0.39, 0.29) is 11.2 Å². The molecule has 1 aliphatic heterocycles. The first kappa shape index (κ1) is 70.1. The number of aromatic nitrogens is 4. The monoisotopic (exact) mass is 1530 g/mol. The van der Waals surface area contributed by atoms with E-state index in [0.29, 0.717) is 22.3 Å². The van der Waals surface area contributed by atoms with Gasteiger partial charge in [0.05, 0.1) is 95.8 Å². The van der Waals surface area contributed by atoms with Crippen molar-refractivity contribution in [3.8, 4) is 80.4 Å². The summed E-state index contributed by atoms with van der Waals surface area (Å²) < 4.78 is 22.4. The summed E-state index contributed by atoms with van der Waals surface area (Å²) in [6.07, 6.45) is 0. The smallest absolute Gasteiger partial charge is 0.399 e. The van der Waals surface area contributed by atoms with Crippen LogP contribution < -0.4 is 5.46 Å². The van der Waals surface area contributed by atoms with Crippen molar-refractivity contribution in [2.45, 2.75) is 38.9 Å². The molecule has 16 aromatic carbocycles. The van der Waals surface area contributed by atoms with Crippen molar-refractivity contribution in [1.82, 2.24) is 18.3 Å². The van der Waals surface area contributed by atoms with E-state index < -0.39 is 7.12 Å². The van der Waals surface area contributed by atoms with Crippen LogP contribution in [0.2, 0.25) is 0 Å². The lowest BCUT2D eigenvalue weighted by Gasteiger charge is -2.32. The maximum Gasteiger partial charge on any atom is 0.494 e. The zero-order valence-electron chi connectivity index (χ0n) is 62.7. The van der Waals surface area contributed by atoms with Crippen molar-refractivity contribution in [1.29, 1.82) is 21.0 Å². The van der Waals surface area contributed by atoms with Gasteiger partial charge in [0.1, 0.15) is 6.07 Å². The van der Waals surface area contributed by atoms with Gasteiger partial charge in [0, 0.05) is 87.0 Å². The lowest BCUT2D eigenvalue weighted by atomic mass is 9.78. The average molecular weight is 1530 g/mol. The fourth-order valence-electron chi connectivity index (χ4n) is 16.7. The first-order valence-electron chi connectivity index (χ1n) is 38.0. The van der Waals surface area contributed by atoms with Gasteiger partial charge in [-0.25, -0.2) is 0 Å². The predicted octanol–water partition coefficient (Wildman–Crippen LogP) is 25.3. The highest BCUT2D eigenvalue weighted by atomic mass is 79.9. The van der Waals surface area contributed by atoms with E-state index in [1.165, 1.54) is 54.1 Å². The number of nitriles is 4. The molecule has 12 heteroatoms. The number of para-hydroxylation sites is 8. The quantitative estimate of drug-likeness (QED) is 0.139. The van der Waals surface area contributed by atoms with Crippen LogP contribution in [-0.4, -0.2) is 36.6 Å². The van der Waals surface area contributed by atoms with Crippen molar-refractivity contribution in [2.24, 2.45) is 0 Å². The Bertz CT molecular complexity index is 7110. The van der Waals surface area contributed by atoms with Crippen LogP contribution in [0, 0.1) is 45.3 Å². The van der Waals surface area contributed by atoms with Gasteiger partial charge in [0.15, 0.2) is 0 Å². The van der Waals surface area contributed by atoms with Gasteiger partial charge in [-0.1, -0.05) is 200 Å². The van der Waals surface area contributed by atoms with E-state index in [9.17, 15) is 15.8 Å². The maximum atomic E-state index is 10.2. The van der Waals surface area contributed by atoms with Crippen molar-refractivity contribution in [3.05, 3.63) is 366 Å². The predicted molar refractivity (Wildman–Crippen MR) is 470 cm³/mol. The fraction of sp³-hybridized carbons (Fsp3) is 0.0588. The number of fused-ring (bicyclic) bond motifs is 14. The highest BCUT2D eigenvalue weighted by molar-refractivity contribution is 9.10. The molecule has 0 spiro atoms. The first-order valence-corrected chi connectivity index (χ1v) is 38.8. The molecule has 0 radical (unpaired) electrons. The Morgan fingerprint density at radius 1 is 0.263 bits per heavy atom. The topological polar surface area (TPSA) is 133 Å². The molecule has 5 heterocycles. The molecule has 1 aliphatic rings. The average Bonchev–Trinajstić information content (AvgIpc) is 1.52. The summed E-state index contributed by atoms with van der Waals surface area (Å²) in [6, 6.07) is 127. The first-order chi connectivity index (χ1) is 55.7.